The van der Waals surface area contributed by atoms with Gasteiger partial charge in [0.15, 0.2) is 0 Å². The fraction of sp³-hybridized carbons (Fsp3) is 0.478. The molecule has 0 radical (unpaired) electrons. The molecule has 1 saturated heterocycles. The molecular formula is C23H31N3O3. The van der Waals surface area contributed by atoms with E-state index < -0.39 is 0 Å². The molecule has 156 valence electrons. The maximum Gasteiger partial charge on any atom is 0.254 e. The molecule has 0 spiro atoms. The molecule has 1 N–H and O–H groups in total. The molecule has 1 atom stereocenters. The third-order valence-corrected chi connectivity index (χ3v) is 5.15. The Morgan fingerprint density at radius 3 is 2.93 bits per heavy atom. The van der Waals surface area contributed by atoms with Crippen molar-refractivity contribution in [1.82, 2.24) is 15.2 Å². The lowest BCUT2D eigenvalue weighted by Gasteiger charge is -2.31. The van der Waals surface area contributed by atoms with Crippen LogP contribution in [0.3, 0.4) is 0 Å². The highest BCUT2D eigenvalue weighted by Gasteiger charge is 2.26. The molecule has 2 aromatic rings. The quantitative estimate of drug-likeness (QED) is 0.658. The summed E-state index contributed by atoms with van der Waals surface area (Å²) in [6.07, 6.45) is 5.61. The second-order valence-corrected chi connectivity index (χ2v) is 7.31. The third-order valence-electron chi connectivity index (χ3n) is 5.15. The Morgan fingerprint density at radius 1 is 1.17 bits per heavy atom. The summed E-state index contributed by atoms with van der Waals surface area (Å²) in [7, 11) is 1.68. The molecule has 6 heteroatoms. The fourth-order valence-corrected chi connectivity index (χ4v) is 3.62. The van der Waals surface area contributed by atoms with Crippen molar-refractivity contribution in [3.05, 3.63) is 59.9 Å². The van der Waals surface area contributed by atoms with E-state index in [1.54, 1.807) is 13.3 Å². The Morgan fingerprint density at radius 2 is 2.10 bits per heavy atom. The number of nitrogens with one attached hydrogen (secondary N) is 1. The maximum atomic E-state index is 13.5. The number of methoxy groups -OCH3 is 1. The number of ether oxygens (including phenoxy) is 2. The van der Waals surface area contributed by atoms with Crippen LogP contribution < -0.4 is 10.1 Å². The van der Waals surface area contributed by atoms with Gasteiger partial charge in [0.2, 0.25) is 0 Å². The average Bonchev–Trinajstić information content (AvgIpc) is 3.05. The summed E-state index contributed by atoms with van der Waals surface area (Å²) in [4.78, 5) is 19.9. The van der Waals surface area contributed by atoms with Crippen LogP contribution in [0, 0.1) is 0 Å². The summed E-state index contributed by atoms with van der Waals surface area (Å²) < 4.78 is 10.8. The highest BCUT2D eigenvalue weighted by atomic mass is 16.5. The van der Waals surface area contributed by atoms with Gasteiger partial charge in [0.05, 0.1) is 18.8 Å². The third kappa shape index (κ3) is 6.54. The van der Waals surface area contributed by atoms with E-state index in [-0.39, 0.29) is 11.9 Å². The smallest absolute Gasteiger partial charge is 0.254 e. The molecule has 1 aromatic heterocycles. The number of nitrogens with zero attached hydrogens (tertiary/aromatic N) is 2. The van der Waals surface area contributed by atoms with Crippen LogP contribution >= 0.6 is 0 Å². The molecular weight excluding hydrogens is 366 g/mol. The van der Waals surface area contributed by atoms with Gasteiger partial charge in [-0.2, -0.15) is 0 Å². The van der Waals surface area contributed by atoms with Gasteiger partial charge < -0.3 is 19.7 Å². The van der Waals surface area contributed by atoms with E-state index in [9.17, 15) is 4.79 Å². The molecule has 0 saturated carbocycles. The van der Waals surface area contributed by atoms with Crippen LogP contribution in [0.4, 0.5) is 0 Å². The molecule has 1 amide bonds. The number of aromatic nitrogens is 1. The minimum atomic E-state index is 0.0323. The van der Waals surface area contributed by atoms with Crippen LogP contribution in [0.2, 0.25) is 0 Å². The second-order valence-electron chi connectivity index (χ2n) is 7.31. The lowest BCUT2D eigenvalue weighted by atomic mass is 10.0. The predicted molar refractivity (Wildman–Crippen MR) is 113 cm³/mol. The number of rotatable bonds is 9. The van der Waals surface area contributed by atoms with Crippen molar-refractivity contribution in [3.63, 3.8) is 0 Å². The average molecular weight is 398 g/mol. The first-order chi connectivity index (χ1) is 14.3. The van der Waals surface area contributed by atoms with E-state index in [0.29, 0.717) is 31.1 Å². The standard InChI is InChI=1S/C23H31N3O3/c1-28-15-6-16-29-22-10-4-7-19(17-22)23(27)26(18-20-8-2-3-13-25-20)21-9-5-12-24-14-11-21/h2-4,7-8,10,13,17,21,24H,5-6,9,11-12,14-16,18H2,1H3. The van der Waals surface area contributed by atoms with Crippen LogP contribution in [0.15, 0.2) is 48.7 Å². The van der Waals surface area contributed by atoms with Gasteiger partial charge in [0, 0.05) is 37.9 Å². The van der Waals surface area contributed by atoms with Crippen molar-refractivity contribution >= 4 is 5.91 Å². The van der Waals surface area contributed by atoms with Gasteiger partial charge in [0.1, 0.15) is 5.75 Å². The van der Waals surface area contributed by atoms with E-state index in [2.05, 4.69) is 10.3 Å². The second kappa shape index (κ2) is 11.5. The zero-order chi connectivity index (χ0) is 20.3. The van der Waals surface area contributed by atoms with Gasteiger partial charge in [-0.05, 0) is 62.7 Å². The minimum absolute atomic E-state index is 0.0323. The van der Waals surface area contributed by atoms with Gasteiger partial charge in [-0.15, -0.1) is 0 Å². The fourth-order valence-electron chi connectivity index (χ4n) is 3.62. The molecule has 6 nitrogen and oxygen atoms in total. The molecule has 1 aliphatic heterocycles. The first kappa shape index (κ1) is 21.3. The topological polar surface area (TPSA) is 63.7 Å². The summed E-state index contributed by atoms with van der Waals surface area (Å²) in [6, 6.07) is 13.5. The Hall–Kier alpha value is -2.44. The highest BCUT2D eigenvalue weighted by Crippen LogP contribution is 2.22. The van der Waals surface area contributed by atoms with Gasteiger partial charge >= 0.3 is 0 Å². The summed E-state index contributed by atoms with van der Waals surface area (Å²) in [6.45, 7) is 3.68. The summed E-state index contributed by atoms with van der Waals surface area (Å²) in [5.74, 6) is 0.747. The first-order valence-corrected chi connectivity index (χ1v) is 10.4. The zero-order valence-corrected chi connectivity index (χ0v) is 17.2. The zero-order valence-electron chi connectivity index (χ0n) is 17.2. The van der Waals surface area contributed by atoms with Crippen molar-refractivity contribution in [2.24, 2.45) is 0 Å². The number of amides is 1. The van der Waals surface area contributed by atoms with Gasteiger partial charge in [0.25, 0.3) is 5.91 Å². The molecule has 1 aromatic carbocycles. The van der Waals surface area contributed by atoms with E-state index in [1.165, 1.54) is 0 Å². The van der Waals surface area contributed by atoms with E-state index >= 15 is 0 Å². The Kier molecular flexibility index (Phi) is 8.46. The minimum Gasteiger partial charge on any atom is -0.493 e. The molecule has 1 unspecified atom stereocenters. The molecule has 0 bridgehead atoms. The number of benzene rings is 1. The highest BCUT2D eigenvalue weighted by molar-refractivity contribution is 5.94. The van der Waals surface area contributed by atoms with Crippen molar-refractivity contribution in [2.45, 2.75) is 38.3 Å². The lowest BCUT2D eigenvalue weighted by Crippen LogP contribution is -2.40. The van der Waals surface area contributed by atoms with Crippen molar-refractivity contribution in [3.8, 4) is 5.75 Å². The Balaban J connectivity index is 1.76. The summed E-state index contributed by atoms with van der Waals surface area (Å²) in [5, 5.41) is 3.43. The Bertz CT molecular complexity index is 746. The summed E-state index contributed by atoms with van der Waals surface area (Å²) in [5.41, 5.74) is 1.56. The lowest BCUT2D eigenvalue weighted by molar-refractivity contribution is 0.0642. The first-order valence-electron chi connectivity index (χ1n) is 10.4. The van der Waals surface area contributed by atoms with Crippen LogP contribution in [0.5, 0.6) is 5.75 Å². The number of carbonyl (C=O) groups is 1. The monoisotopic (exact) mass is 397 g/mol. The van der Waals surface area contributed by atoms with Gasteiger partial charge in [-0.25, -0.2) is 0 Å². The molecule has 0 aliphatic carbocycles. The van der Waals surface area contributed by atoms with Crippen LogP contribution in [0.25, 0.3) is 0 Å². The molecule has 1 aliphatic rings. The van der Waals surface area contributed by atoms with Gasteiger partial charge in [-0.3, -0.25) is 9.78 Å². The van der Waals surface area contributed by atoms with Crippen molar-refractivity contribution < 1.29 is 14.3 Å². The Labute approximate surface area is 173 Å². The van der Waals surface area contributed by atoms with Crippen LogP contribution in [0.1, 0.15) is 41.7 Å². The SMILES string of the molecule is COCCCOc1cccc(C(=O)N(Cc2ccccn2)C2CCCNCC2)c1. The number of carbonyl (C=O) groups excluding carboxylic acids is 1. The number of hydrogen-bond acceptors (Lipinski definition) is 5. The number of hydrogen-bond donors (Lipinski definition) is 1. The largest absolute Gasteiger partial charge is 0.493 e. The predicted octanol–water partition coefficient (Wildman–Crippen LogP) is 3.28. The van der Waals surface area contributed by atoms with Crippen LogP contribution in [-0.4, -0.2) is 55.2 Å². The maximum absolute atomic E-state index is 13.5. The van der Waals surface area contributed by atoms with Crippen LogP contribution in [-0.2, 0) is 11.3 Å². The molecule has 3 rings (SSSR count). The van der Waals surface area contributed by atoms with Crippen molar-refractivity contribution in [1.29, 1.82) is 0 Å². The van der Waals surface area contributed by atoms with Gasteiger partial charge in [-0.1, -0.05) is 12.1 Å². The van der Waals surface area contributed by atoms with E-state index in [1.807, 2.05) is 47.4 Å². The van der Waals surface area contributed by atoms with E-state index in [0.717, 1.165) is 44.5 Å². The normalized spacial score (nSPS) is 16.8. The molecule has 2 heterocycles. The molecule has 1 fully saturated rings. The van der Waals surface area contributed by atoms with Crippen molar-refractivity contribution in [2.75, 3.05) is 33.4 Å². The van der Waals surface area contributed by atoms with E-state index in [4.69, 9.17) is 9.47 Å². The molecule has 29 heavy (non-hydrogen) atoms. The number of pyridine rings is 1. The summed E-state index contributed by atoms with van der Waals surface area (Å²) >= 11 is 0.